The minimum absolute atomic E-state index is 0.00357. The van der Waals surface area contributed by atoms with Gasteiger partial charge in [-0.05, 0) is 105 Å². The molecule has 0 spiro atoms. The fraction of sp³-hybridized carbons (Fsp3) is 0.404. The van der Waals surface area contributed by atoms with Crippen molar-refractivity contribution in [2.45, 2.75) is 104 Å². The molecule has 8 heterocycles. The summed E-state index contributed by atoms with van der Waals surface area (Å²) in [5.74, 6) is -2.62. The average molecular weight is 1060 g/mol. The van der Waals surface area contributed by atoms with Crippen molar-refractivity contribution >= 4 is 76.6 Å². The fourth-order valence-electron chi connectivity index (χ4n) is 12.7. The first-order valence-electron chi connectivity index (χ1n) is 26.6. The lowest BCUT2D eigenvalue weighted by atomic mass is 9.90. The van der Waals surface area contributed by atoms with Gasteiger partial charge in [-0.1, -0.05) is 19.9 Å². The van der Waals surface area contributed by atoms with E-state index < -0.39 is 47.7 Å². The number of amides is 7. The second kappa shape index (κ2) is 20.2. The van der Waals surface area contributed by atoms with Gasteiger partial charge in [0.25, 0.3) is 23.3 Å². The van der Waals surface area contributed by atoms with Crippen molar-refractivity contribution in [2.75, 3.05) is 52.7 Å². The molecule has 2 aromatic carbocycles. The summed E-state index contributed by atoms with van der Waals surface area (Å²) in [6.45, 7) is 12.0. The van der Waals surface area contributed by atoms with Gasteiger partial charge in [-0.3, -0.25) is 63.7 Å². The third-order valence-electron chi connectivity index (χ3n) is 16.4. The molecule has 78 heavy (non-hydrogen) atoms. The van der Waals surface area contributed by atoms with Gasteiger partial charge in [0.05, 0.1) is 29.1 Å². The number of benzene rings is 2. The summed E-state index contributed by atoms with van der Waals surface area (Å²) in [5, 5.41) is 18.5. The molecular weight excluding hydrogens is 997 g/mol. The number of hydrogen-bond acceptors (Lipinski definition) is 15. The average Bonchev–Trinajstić information content (AvgIpc) is 4.24. The maximum Gasteiger partial charge on any atom is 0.293 e. The first-order valence-corrected chi connectivity index (χ1v) is 26.6. The van der Waals surface area contributed by atoms with Crippen molar-refractivity contribution < 1.29 is 38.7 Å². The highest BCUT2D eigenvalue weighted by Crippen LogP contribution is 2.42. The van der Waals surface area contributed by atoms with Crippen molar-refractivity contribution in [1.82, 2.24) is 39.5 Å². The SMILES string of the molecule is C[C@@H]1CC(N2CCN(c3ccc(Nc4nc(-c5ccnc(N6CCn7c(cc8c7CC(C)(C)C8)C6=O)c5CO)cn(C)c4=O)cc3C=CC(=O)NC=O)[C@@H](C)C2)CCN1c1cccc2c1C(=O)N(C1CCC(=O)NC1=O)C2=O. The Labute approximate surface area is 449 Å². The van der Waals surface area contributed by atoms with E-state index in [0.29, 0.717) is 77.9 Å². The zero-order valence-corrected chi connectivity index (χ0v) is 44.2. The predicted octanol–water partition coefficient (Wildman–Crippen LogP) is 3.92. The molecule has 2 unspecified atom stereocenters. The molecule has 21 nitrogen and oxygen atoms in total. The van der Waals surface area contributed by atoms with Crippen molar-refractivity contribution in [2.24, 2.45) is 12.5 Å². The standard InChI is InChI=1S/C57H62N12O9/c1-32-23-37(16-18-65(32)43-8-6-7-39-49(43)55(77)69(53(39)75)44-12-14-48(73)62-52(44)74)64-19-20-66(33(2)28-64)42-11-10-36(24-34(42)9-13-47(72)59-31-71)60-50-56(78)63(5)29-41(61-50)38-15-17-58-51(40(38)30-70)68-22-21-67-45(54(68)76)25-35-26-57(3,4)27-46(35)67/h6-11,13,15,17,24-25,29,31-33,37,44,70H,12,14,16,18-23,26-28,30H2,1-5H3,(H,60,61)(H,59,71,72)(H,62,73,74)/t32-,33+,37?,44?/m1/s1. The second-order valence-corrected chi connectivity index (χ2v) is 22.1. The van der Waals surface area contributed by atoms with Gasteiger partial charge in [0.1, 0.15) is 17.6 Å². The third kappa shape index (κ3) is 9.22. The monoisotopic (exact) mass is 1060 g/mol. The Morgan fingerprint density at radius 2 is 1.69 bits per heavy atom. The zero-order chi connectivity index (χ0) is 54.9. The summed E-state index contributed by atoms with van der Waals surface area (Å²) in [5.41, 5.74) is 7.13. The number of anilines is 5. The Balaban J connectivity index is 0.799. The summed E-state index contributed by atoms with van der Waals surface area (Å²) >= 11 is 0. The predicted molar refractivity (Wildman–Crippen MR) is 290 cm³/mol. The smallest absolute Gasteiger partial charge is 0.293 e. The lowest BCUT2D eigenvalue weighted by Gasteiger charge is -2.48. The molecule has 7 amide bonds. The zero-order valence-electron chi connectivity index (χ0n) is 44.2. The third-order valence-corrected chi connectivity index (χ3v) is 16.4. The molecule has 0 radical (unpaired) electrons. The molecule has 0 bridgehead atoms. The number of nitrogens with one attached hydrogen (secondary N) is 3. The number of aryl methyl sites for hydroxylation is 1. The van der Waals surface area contributed by atoms with Gasteiger partial charge < -0.3 is 29.4 Å². The van der Waals surface area contributed by atoms with Gasteiger partial charge in [-0.2, -0.15) is 0 Å². The minimum Gasteiger partial charge on any atom is -0.392 e. The van der Waals surface area contributed by atoms with Gasteiger partial charge in [-0.15, -0.1) is 0 Å². The number of aromatic nitrogens is 4. The number of aliphatic hydroxyl groups is 1. The summed E-state index contributed by atoms with van der Waals surface area (Å²) < 4.78 is 3.52. The lowest BCUT2D eigenvalue weighted by molar-refractivity contribution is -0.136. The van der Waals surface area contributed by atoms with Crippen LogP contribution in [0.3, 0.4) is 0 Å². The maximum absolute atomic E-state index is 14.1. The van der Waals surface area contributed by atoms with E-state index in [1.807, 2.05) is 30.3 Å². The lowest BCUT2D eigenvalue weighted by Crippen LogP contribution is -2.58. The van der Waals surface area contributed by atoms with E-state index in [-0.39, 0.29) is 59.2 Å². The van der Waals surface area contributed by atoms with Gasteiger partial charge in [-0.25, -0.2) is 9.97 Å². The normalized spacial score (nSPS) is 22.2. The van der Waals surface area contributed by atoms with Crippen LogP contribution in [0.25, 0.3) is 17.3 Å². The Hall–Kier alpha value is -8.30. The van der Waals surface area contributed by atoms with E-state index in [1.165, 1.54) is 21.9 Å². The highest BCUT2D eigenvalue weighted by Gasteiger charge is 2.47. The molecule has 3 fully saturated rings. The van der Waals surface area contributed by atoms with E-state index in [4.69, 9.17) is 4.98 Å². The number of imide groups is 3. The van der Waals surface area contributed by atoms with Crippen LogP contribution < -0.4 is 36.2 Å². The molecule has 0 saturated carbocycles. The molecule has 5 aromatic rings. The molecule has 11 rings (SSSR count). The highest BCUT2D eigenvalue weighted by molar-refractivity contribution is 6.25. The van der Waals surface area contributed by atoms with Crippen LogP contribution in [-0.2, 0) is 52.2 Å². The molecule has 404 valence electrons. The van der Waals surface area contributed by atoms with Crippen LogP contribution in [0, 0.1) is 5.41 Å². The number of rotatable bonds is 12. The number of hydrogen-bond donors (Lipinski definition) is 4. The Bertz CT molecular complexity index is 3450. The number of piperazine rings is 1. The number of carbonyl (C=O) groups is 7. The molecule has 4 N–H and O–H groups in total. The van der Waals surface area contributed by atoms with Crippen LogP contribution in [0.4, 0.5) is 28.7 Å². The summed E-state index contributed by atoms with van der Waals surface area (Å²) in [6, 6.07) is 13.7. The molecular formula is C57H62N12O9. The van der Waals surface area contributed by atoms with E-state index in [0.717, 1.165) is 49.4 Å². The number of aliphatic hydroxyl groups excluding tert-OH is 1. The quantitative estimate of drug-likeness (QED) is 0.0786. The summed E-state index contributed by atoms with van der Waals surface area (Å²) in [6.07, 6.45) is 9.89. The van der Waals surface area contributed by atoms with Gasteiger partial charge in [0.2, 0.25) is 24.1 Å². The largest absolute Gasteiger partial charge is 0.392 e. The number of nitrogens with zero attached hydrogens (tertiary/aromatic N) is 9. The first-order chi connectivity index (χ1) is 37.4. The van der Waals surface area contributed by atoms with Gasteiger partial charge in [0.15, 0.2) is 5.82 Å². The Morgan fingerprint density at radius 1 is 0.885 bits per heavy atom. The highest BCUT2D eigenvalue weighted by atomic mass is 16.3. The topological polar surface area (TPSA) is 245 Å². The van der Waals surface area contributed by atoms with E-state index in [9.17, 15) is 43.5 Å². The van der Waals surface area contributed by atoms with Crippen molar-refractivity contribution in [3.05, 3.63) is 117 Å². The second-order valence-electron chi connectivity index (χ2n) is 22.1. The van der Waals surface area contributed by atoms with Crippen molar-refractivity contribution in [1.29, 1.82) is 0 Å². The Morgan fingerprint density at radius 3 is 2.45 bits per heavy atom. The number of piperidine rings is 2. The molecule has 3 aromatic heterocycles. The van der Waals surface area contributed by atoms with Crippen molar-refractivity contribution in [3.8, 4) is 11.3 Å². The first kappa shape index (κ1) is 51.8. The fourth-order valence-corrected chi connectivity index (χ4v) is 12.7. The molecule has 6 aliphatic rings. The van der Waals surface area contributed by atoms with Crippen LogP contribution in [0.1, 0.15) is 107 Å². The van der Waals surface area contributed by atoms with Crippen LogP contribution in [-0.4, -0.2) is 133 Å². The van der Waals surface area contributed by atoms with Gasteiger partial charge in [0, 0.05) is 123 Å². The van der Waals surface area contributed by atoms with Crippen LogP contribution >= 0.6 is 0 Å². The van der Waals surface area contributed by atoms with Crippen molar-refractivity contribution in [3.63, 3.8) is 0 Å². The molecule has 4 atom stereocenters. The Kier molecular flexibility index (Phi) is 13.4. The van der Waals surface area contributed by atoms with Crippen LogP contribution in [0.15, 0.2) is 71.8 Å². The number of pyridine rings is 1. The van der Waals surface area contributed by atoms with E-state index in [1.54, 1.807) is 48.6 Å². The number of carbonyl (C=O) groups excluding carboxylic acids is 7. The number of fused-ring (bicyclic) bond motifs is 4. The maximum atomic E-state index is 14.1. The summed E-state index contributed by atoms with van der Waals surface area (Å²) in [7, 11) is 1.61. The minimum atomic E-state index is -1.05. The molecule has 3 saturated heterocycles. The van der Waals surface area contributed by atoms with Gasteiger partial charge >= 0.3 is 0 Å². The van der Waals surface area contributed by atoms with E-state index >= 15 is 0 Å². The molecule has 5 aliphatic heterocycles. The van der Waals surface area contributed by atoms with E-state index in [2.05, 4.69) is 67.9 Å². The molecule has 21 heteroatoms. The van der Waals surface area contributed by atoms with Crippen LogP contribution in [0.2, 0.25) is 0 Å². The molecule has 1 aliphatic carbocycles. The van der Waals surface area contributed by atoms with Crippen LogP contribution in [0.5, 0.6) is 0 Å². The summed E-state index contributed by atoms with van der Waals surface area (Å²) in [4.78, 5) is 123.